The van der Waals surface area contributed by atoms with Gasteiger partial charge in [0, 0.05) is 28.4 Å². The normalized spacial score (nSPS) is 10.5. The Morgan fingerprint density at radius 1 is 0.960 bits per heavy atom. The lowest BCUT2D eigenvalue weighted by molar-refractivity contribution is -0.131. The Balaban J connectivity index is 2.10. The highest BCUT2D eigenvalue weighted by molar-refractivity contribution is 6.36. The van der Waals surface area contributed by atoms with E-state index in [1.807, 2.05) is 0 Å². The zero-order chi connectivity index (χ0) is 18.4. The zero-order valence-corrected chi connectivity index (χ0v) is 14.1. The van der Waals surface area contributed by atoms with Crippen molar-refractivity contribution in [3.05, 3.63) is 70.2 Å². The number of halogens is 2. The molecule has 0 heterocycles. The first-order valence-corrected chi connectivity index (χ1v) is 7.69. The van der Waals surface area contributed by atoms with Crippen molar-refractivity contribution in [3.63, 3.8) is 0 Å². The number of anilines is 2. The Hall–Kier alpha value is -2.83. The first kappa shape index (κ1) is 18.5. The summed E-state index contributed by atoms with van der Waals surface area (Å²) >= 11 is 11.8. The summed E-state index contributed by atoms with van der Waals surface area (Å²) in [5.41, 5.74) is 1.02. The van der Waals surface area contributed by atoms with Crippen molar-refractivity contribution in [1.29, 1.82) is 0 Å². The van der Waals surface area contributed by atoms with Crippen LogP contribution in [0.4, 0.5) is 11.4 Å². The number of hydrogen-bond acceptors (Lipinski definition) is 3. The van der Waals surface area contributed by atoms with Crippen molar-refractivity contribution in [1.82, 2.24) is 0 Å². The summed E-state index contributed by atoms with van der Waals surface area (Å²) in [6.07, 6.45) is 1.59. The van der Waals surface area contributed by atoms with Crippen LogP contribution in [0, 0.1) is 0 Å². The highest BCUT2D eigenvalue weighted by Crippen LogP contribution is 2.26. The third-order valence-corrected chi connectivity index (χ3v) is 3.50. The largest absolute Gasteiger partial charge is 0.478 e. The molecule has 0 aromatic heterocycles. The van der Waals surface area contributed by atoms with Gasteiger partial charge in [-0.2, -0.15) is 0 Å². The molecule has 3 N–H and O–H groups in total. The van der Waals surface area contributed by atoms with Crippen LogP contribution in [0.15, 0.2) is 54.6 Å². The van der Waals surface area contributed by atoms with Crippen LogP contribution in [-0.4, -0.2) is 22.9 Å². The lowest BCUT2D eigenvalue weighted by atomic mass is 10.1. The van der Waals surface area contributed by atoms with Gasteiger partial charge in [-0.3, -0.25) is 9.59 Å². The minimum absolute atomic E-state index is 0.283. The van der Waals surface area contributed by atoms with Crippen LogP contribution in [0.2, 0.25) is 10.0 Å². The molecule has 0 atom stereocenters. The second-order valence-electron chi connectivity index (χ2n) is 4.82. The van der Waals surface area contributed by atoms with Crippen LogP contribution < -0.4 is 10.6 Å². The van der Waals surface area contributed by atoms with Gasteiger partial charge in [0.15, 0.2) is 0 Å². The maximum atomic E-state index is 12.3. The monoisotopic (exact) mass is 378 g/mol. The number of rotatable bonds is 5. The van der Waals surface area contributed by atoms with E-state index in [9.17, 15) is 14.4 Å². The van der Waals surface area contributed by atoms with Crippen molar-refractivity contribution < 1.29 is 19.5 Å². The summed E-state index contributed by atoms with van der Waals surface area (Å²) in [4.78, 5) is 34.3. The molecule has 25 heavy (non-hydrogen) atoms. The van der Waals surface area contributed by atoms with Crippen LogP contribution >= 0.6 is 23.2 Å². The second kappa shape index (κ2) is 8.32. The molecular formula is C17H12Cl2N2O4. The molecule has 0 fully saturated rings. The molecule has 0 saturated heterocycles. The van der Waals surface area contributed by atoms with Crippen molar-refractivity contribution in [2.24, 2.45) is 0 Å². The first-order chi connectivity index (χ1) is 11.8. The Bertz CT molecular complexity index is 865. The van der Waals surface area contributed by atoms with Crippen molar-refractivity contribution >= 4 is 52.4 Å². The smallest absolute Gasteiger partial charge is 0.328 e. The predicted octanol–water partition coefficient (Wildman–Crippen LogP) is 3.83. The van der Waals surface area contributed by atoms with E-state index in [4.69, 9.17) is 28.3 Å². The number of nitrogens with one attached hydrogen (secondary N) is 2. The molecule has 2 amide bonds. The minimum Gasteiger partial charge on any atom is -0.478 e. The molecule has 128 valence electrons. The fraction of sp³-hybridized carbons (Fsp3) is 0. The topological polar surface area (TPSA) is 95.5 Å². The Morgan fingerprint density at radius 3 is 2.40 bits per heavy atom. The van der Waals surface area contributed by atoms with Gasteiger partial charge < -0.3 is 15.7 Å². The number of carbonyl (C=O) groups excluding carboxylic acids is 2. The standard InChI is InChI=1S/C17H12Cl2N2O4/c18-11-4-5-14(13(19)9-11)21-17(25)10-2-1-3-12(8-10)20-15(22)6-7-16(23)24/h1-9H,(H,20,22)(H,21,25)(H,23,24). The molecule has 2 aromatic carbocycles. The van der Waals surface area contributed by atoms with Crippen LogP contribution in [0.3, 0.4) is 0 Å². The fourth-order valence-corrected chi connectivity index (χ4v) is 2.31. The maximum absolute atomic E-state index is 12.3. The number of benzene rings is 2. The molecule has 0 aliphatic carbocycles. The first-order valence-electron chi connectivity index (χ1n) is 6.93. The number of hydrogen-bond donors (Lipinski definition) is 3. The van der Waals surface area contributed by atoms with Gasteiger partial charge in [-0.05, 0) is 36.4 Å². The van der Waals surface area contributed by atoms with E-state index in [0.717, 1.165) is 6.08 Å². The third-order valence-electron chi connectivity index (χ3n) is 2.95. The van der Waals surface area contributed by atoms with E-state index in [1.54, 1.807) is 30.3 Å². The molecule has 0 radical (unpaired) electrons. The number of amides is 2. The van der Waals surface area contributed by atoms with Gasteiger partial charge in [0.25, 0.3) is 5.91 Å². The third kappa shape index (κ3) is 5.63. The number of aliphatic carboxylic acids is 1. The van der Waals surface area contributed by atoms with E-state index in [2.05, 4.69) is 10.6 Å². The molecule has 0 spiro atoms. The van der Waals surface area contributed by atoms with Crippen LogP contribution in [-0.2, 0) is 9.59 Å². The number of carboxylic acids is 1. The second-order valence-corrected chi connectivity index (χ2v) is 5.66. The van der Waals surface area contributed by atoms with E-state index in [-0.39, 0.29) is 5.56 Å². The van der Waals surface area contributed by atoms with Crippen LogP contribution in [0.5, 0.6) is 0 Å². The molecule has 0 saturated carbocycles. The van der Waals surface area contributed by atoms with Crippen LogP contribution in [0.25, 0.3) is 0 Å². The quantitative estimate of drug-likeness (QED) is 0.688. The molecule has 0 aliphatic rings. The van der Waals surface area contributed by atoms with E-state index in [1.165, 1.54) is 12.1 Å². The minimum atomic E-state index is -1.23. The molecule has 2 aromatic rings. The molecule has 0 unspecified atom stereocenters. The maximum Gasteiger partial charge on any atom is 0.328 e. The summed E-state index contributed by atoms with van der Waals surface area (Å²) < 4.78 is 0. The van der Waals surface area contributed by atoms with E-state index >= 15 is 0 Å². The van der Waals surface area contributed by atoms with Gasteiger partial charge in [-0.1, -0.05) is 29.3 Å². The Labute approximate surface area is 153 Å². The lowest BCUT2D eigenvalue weighted by Gasteiger charge is -2.09. The molecule has 0 aliphatic heterocycles. The molecule has 8 heteroatoms. The average Bonchev–Trinajstić information content (AvgIpc) is 2.55. The molecular weight excluding hydrogens is 367 g/mol. The van der Waals surface area contributed by atoms with Gasteiger partial charge in [-0.15, -0.1) is 0 Å². The average molecular weight is 379 g/mol. The summed E-state index contributed by atoms with van der Waals surface area (Å²) in [7, 11) is 0. The SMILES string of the molecule is O=C(O)C=CC(=O)Nc1cccc(C(=O)Nc2ccc(Cl)cc2Cl)c1. The van der Waals surface area contributed by atoms with E-state index < -0.39 is 17.8 Å². The van der Waals surface area contributed by atoms with Crippen molar-refractivity contribution in [2.45, 2.75) is 0 Å². The number of carbonyl (C=O) groups is 3. The highest BCUT2D eigenvalue weighted by Gasteiger charge is 2.10. The van der Waals surface area contributed by atoms with Crippen molar-refractivity contribution in [3.8, 4) is 0 Å². The summed E-state index contributed by atoms with van der Waals surface area (Å²) in [6.45, 7) is 0. The fourth-order valence-electron chi connectivity index (χ4n) is 1.85. The molecule has 6 nitrogen and oxygen atoms in total. The Kier molecular flexibility index (Phi) is 6.16. The van der Waals surface area contributed by atoms with E-state index in [0.29, 0.717) is 27.5 Å². The molecule has 0 bridgehead atoms. The highest BCUT2D eigenvalue weighted by atomic mass is 35.5. The van der Waals surface area contributed by atoms with Gasteiger partial charge in [-0.25, -0.2) is 4.79 Å². The Morgan fingerprint density at radius 2 is 1.72 bits per heavy atom. The van der Waals surface area contributed by atoms with Crippen LogP contribution in [0.1, 0.15) is 10.4 Å². The van der Waals surface area contributed by atoms with Crippen molar-refractivity contribution in [2.75, 3.05) is 10.6 Å². The molecule has 2 rings (SSSR count). The number of carboxylic acid groups (broad SMARTS) is 1. The summed E-state index contributed by atoms with van der Waals surface area (Å²) in [6, 6.07) is 10.8. The predicted molar refractivity (Wildman–Crippen MR) is 96.3 cm³/mol. The van der Waals surface area contributed by atoms with Gasteiger partial charge in [0.1, 0.15) is 0 Å². The lowest BCUT2D eigenvalue weighted by Crippen LogP contribution is -2.13. The van der Waals surface area contributed by atoms with Gasteiger partial charge >= 0.3 is 5.97 Å². The van der Waals surface area contributed by atoms with Gasteiger partial charge in [0.2, 0.25) is 5.91 Å². The van der Waals surface area contributed by atoms with Gasteiger partial charge in [0.05, 0.1) is 10.7 Å². The zero-order valence-electron chi connectivity index (χ0n) is 12.6. The summed E-state index contributed by atoms with van der Waals surface area (Å²) in [5.74, 6) is -2.29. The summed E-state index contributed by atoms with van der Waals surface area (Å²) in [5, 5.41) is 14.3.